The number of nitrogens with one attached hydrogen (secondary N) is 2. The molecule has 1 atom stereocenters. The summed E-state index contributed by atoms with van der Waals surface area (Å²) in [6, 6.07) is -0.276. The van der Waals surface area contributed by atoms with Gasteiger partial charge in [-0.3, -0.25) is 9.36 Å². The number of nitrogens with zero attached hydrogens (tertiary/aromatic N) is 2. The third-order valence-corrected chi connectivity index (χ3v) is 3.50. The molecule has 1 unspecified atom stereocenters. The number of primary amides is 1. The number of aromatic amines is 1. The van der Waals surface area contributed by atoms with Gasteiger partial charge in [-0.2, -0.15) is 0 Å². The standard InChI is InChI=1S/C11H21N5O2S/c1-4-5-16-10(18)14-15-11(16)19-6-8(9(12)17)13-7(2)3/h7-8,13H,4-6H2,1-3H3,(H2,12,17)(H,14,18). The number of aromatic nitrogens is 3. The predicted octanol–water partition coefficient (Wildman–Crippen LogP) is -0.0746. The van der Waals surface area contributed by atoms with Crippen molar-refractivity contribution in [2.45, 2.75) is 51.0 Å². The molecule has 0 saturated carbocycles. The zero-order valence-corrected chi connectivity index (χ0v) is 12.3. The second-order valence-corrected chi connectivity index (χ2v) is 5.54. The van der Waals surface area contributed by atoms with Crippen LogP contribution in [0.1, 0.15) is 27.2 Å². The van der Waals surface area contributed by atoms with Gasteiger partial charge in [0.1, 0.15) is 0 Å². The first-order chi connectivity index (χ1) is 8.95. The maximum Gasteiger partial charge on any atom is 0.343 e. The number of H-pyrrole nitrogens is 1. The fraction of sp³-hybridized carbons (Fsp3) is 0.727. The molecule has 0 aromatic carbocycles. The minimum Gasteiger partial charge on any atom is -0.368 e. The fourth-order valence-corrected chi connectivity index (χ4v) is 2.62. The first-order valence-corrected chi connectivity index (χ1v) is 7.27. The van der Waals surface area contributed by atoms with Crippen LogP contribution in [0.3, 0.4) is 0 Å². The van der Waals surface area contributed by atoms with E-state index in [-0.39, 0.29) is 11.7 Å². The van der Waals surface area contributed by atoms with Crippen molar-refractivity contribution >= 4 is 17.7 Å². The summed E-state index contributed by atoms with van der Waals surface area (Å²) in [5.74, 6) is 0.0442. The summed E-state index contributed by atoms with van der Waals surface area (Å²) in [6.07, 6.45) is 0.844. The van der Waals surface area contributed by atoms with Gasteiger partial charge < -0.3 is 11.1 Å². The predicted molar refractivity (Wildman–Crippen MR) is 75.1 cm³/mol. The fourth-order valence-electron chi connectivity index (χ4n) is 1.61. The summed E-state index contributed by atoms with van der Waals surface area (Å²) in [4.78, 5) is 22.8. The Morgan fingerprint density at radius 2 is 2.26 bits per heavy atom. The molecular formula is C11H21N5O2S. The van der Waals surface area contributed by atoms with E-state index in [2.05, 4.69) is 15.5 Å². The van der Waals surface area contributed by atoms with Crippen molar-refractivity contribution in [2.24, 2.45) is 5.73 Å². The average Bonchev–Trinajstić information content (AvgIpc) is 2.66. The quantitative estimate of drug-likeness (QED) is 0.580. The molecule has 0 spiro atoms. The van der Waals surface area contributed by atoms with Gasteiger partial charge in [0.25, 0.3) is 0 Å². The van der Waals surface area contributed by atoms with E-state index in [1.807, 2.05) is 20.8 Å². The van der Waals surface area contributed by atoms with Crippen molar-refractivity contribution in [2.75, 3.05) is 5.75 Å². The average molecular weight is 287 g/mol. The molecule has 1 amide bonds. The smallest absolute Gasteiger partial charge is 0.343 e. The summed E-state index contributed by atoms with van der Waals surface area (Å²) in [5, 5.41) is 10.0. The molecule has 1 aromatic heterocycles. The van der Waals surface area contributed by atoms with Gasteiger partial charge >= 0.3 is 5.69 Å². The molecule has 1 aromatic rings. The van der Waals surface area contributed by atoms with Crippen LogP contribution in [0.4, 0.5) is 0 Å². The summed E-state index contributed by atoms with van der Waals surface area (Å²) in [5.41, 5.74) is 5.11. The number of rotatable bonds is 8. The largest absolute Gasteiger partial charge is 0.368 e. The van der Waals surface area contributed by atoms with E-state index in [4.69, 9.17) is 5.73 Å². The first-order valence-electron chi connectivity index (χ1n) is 6.29. The molecule has 0 aliphatic rings. The highest BCUT2D eigenvalue weighted by Gasteiger charge is 2.18. The Bertz CT molecular complexity index is 468. The van der Waals surface area contributed by atoms with Gasteiger partial charge in [-0.25, -0.2) is 9.89 Å². The van der Waals surface area contributed by atoms with Gasteiger partial charge in [-0.05, 0) is 6.42 Å². The van der Waals surface area contributed by atoms with Gasteiger partial charge in [-0.1, -0.05) is 32.5 Å². The molecule has 8 heteroatoms. The highest BCUT2D eigenvalue weighted by Crippen LogP contribution is 2.14. The molecule has 0 radical (unpaired) electrons. The maximum absolute atomic E-state index is 11.5. The Hall–Kier alpha value is -1.28. The molecule has 0 saturated heterocycles. The lowest BCUT2D eigenvalue weighted by molar-refractivity contribution is -0.119. The van der Waals surface area contributed by atoms with Crippen LogP contribution >= 0.6 is 11.8 Å². The SMILES string of the molecule is CCCn1c(SCC(NC(C)C)C(N)=O)n[nH]c1=O. The van der Waals surface area contributed by atoms with Crippen molar-refractivity contribution in [1.29, 1.82) is 0 Å². The second-order valence-electron chi connectivity index (χ2n) is 4.55. The maximum atomic E-state index is 11.5. The zero-order valence-electron chi connectivity index (χ0n) is 11.5. The van der Waals surface area contributed by atoms with Gasteiger partial charge in [0.2, 0.25) is 5.91 Å². The number of amides is 1. The number of hydrogen-bond acceptors (Lipinski definition) is 5. The van der Waals surface area contributed by atoms with Gasteiger partial charge in [-0.15, -0.1) is 5.10 Å². The first kappa shape index (κ1) is 15.8. The zero-order chi connectivity index (χ0) is 14.4. The summed E-state index contributed by atoms with van der Waals surface area (Å²) in [6.45, 7) is 6.49. The molecular weight excluding hydrogens is 266 g/mol. The van der Waals surface area contributed by atoms with E-state index in [1.54, 1.807) is 4.57 Å². The summed E-state index contributed by atoms with van der Waals surface area (Å²) < 4.78 is 1.57. The summed E-state index contributed by atoms with van der Waals surface area (Å²) in [7, 11) is 0. The molecule has 7 nitrogen and oxygen atoms in total. The Labute approximate surface area is 116 Å². The molecule has 1 rings (SSSR count). The van der Waals surface area contributed by atoms with Crippen LogP contribution in [-0.4, -0.2) is 38.5 Å². The van der Waals surface area contributed by atoms with E-state index >= 15 is 0 Å². The van der Waals surface area contributed by atoms with Gasteiger partial charge in [0.15, 0.2) is 5.16 Å². The van der Waals surface area contributed by atoms with E-state index in [0.29, 0.717) is 17.5 Å². The van der Waals surface area contributed by atoms with E-state index in [0.717, 1.165) is 6.42 Å². The normalized spacial score (nSPS) is 12.8. The lowest BCUT2D eigenvalue weighted by atomic mass is 10.3. The minimum absolute atomic E-state index is 0.162. The molecule has 0 bridgehead atoms. The molecule has 108 valence electrons. The van der Waals surface area contributed by atoms with E-state index < -0.39 is 11.9 Å². The highest BCUT2D eigenvalue weighted by molar-refractivity contribution is 7.99. The van der Waals surface area contributed by atoms with Gasteiger partial charge in [0.05, 0.1) is 6.04 Å². The van der Waals surface area contributed by atoms with Crippen molar-refractivity contribution < 1.29 is 4.79 Å². The minimum atomic E-state index is -0.438. The molecule has 0 aliphatic heterocycles. The second kappa shape index (κ2) is 7.34. The number of nitrogens with two attached hydrogens (primary N) is 1. The third kappa shape index (κ3) is 4.71. The van der Waals surface area contributed by atoms with Gasteiger partial charge in [0, 0.05) is 18.3 Å². The Kier molecular flexibility index (Phi) is 6.10. The van der Waals surface area contributed by atoms with Crippen molar-refractivity contribution in [3.63, 3.8) is 0 Å². The Balaban J connectivity index is 2.69. The summed E-state index contributed by atoms with van der Waals surface area (Å²) >= 11 is 1.34. The van der Waals surface area contributed by atoms with Crippen molar-refractivity contribution in [1.82, 2.24) is 20.1 Å². The number of hydrogen-bond donors (Lipinski definition) is 3. The van der Waals surface area contributed by atoms with Crippen LogP contribution in [0.15, 0.2) is 9.95 Å². The number of carbonyl (C=O) groups excluding carboxylic acids is 1. The van der Waals surface area contributed by atoms with Crippen LogP contribution in [-0.2, 0) is 11.3 Å². The number of carbonyl (C=O) groups is 1. The van der Waals surface area contributed by atoms with Crippen molar-refractivity contribution in [3.05, 3.63) is 10.5 Å². The highest BCUT2D eigenvalue weighted by atomic mass is 32.2. The topological polar surface area (TPSA) is 106 Å². The molecule has 4 N–H and O–H groups in total. The van der Waals surface area contributed by atoms with E-state index in [9.17, 15) is 9.59 Å². The van der Waals surface area contributed by atoms with Crippen molar-refractivity contribution in [3.8, 4) is 0 Å². The lowest BCUT2D eigenvalue weighted by Crippen LogP contribution is -2.46. The van der Waals surface area contributed by atoms with Crippen LogP contribution < -0.4 is 16.7 Å². The third-order valence-electron chi connectivity index (χ3n) is 2.43. The number of thioether (sulfide) groups is 1. The van der Waals surface area contributed by atoms with E-state index in [1.165, 1.54) is 11.8 Å². The van der Waals surface area contributed by atoms with Crippen LogP contribution in [0.25, 0.3) is 0 Å². The van der Waals surface area contributed by atoms with Crippen LogP contribution in [0.5, 0.6) is 0 Å². The molecule has 19 heavy (non-hydrogen) atoms. The molecule has 0 fully saturated rings. The molecule has 0 aliphatic carbocycles. The Morgan fingerprint density at radius 3 is 2.79 bits per heavy atom. The van der Waals surface area contributed by atoms with Crippen LogP contribution in [0.2, 0.25) is 0 Å². The molecule has 1 heterocycles. The monoisotopic (exact) mass is 287 g/mol. The lowest BCUT2D eigenvalue weighted by Gasteiger charge is -2.17. The van der Waals surface area contributed by atoms with Crippen LogP contribution in [0, 0.1) is 0 Å². The Morgan fingerprint density at radius 1 is 1.58 bits per heavy atom.